The molecule has 1 unspecified atom stereocenters. The lowest BCUT2D eigenvalue weighted by molar-refractivity contribution is -0.239. The summed E-state index contributed by atoms with van der Waals surface area (Å²) in [5.41, 5.74) is 4.13. The van der Waals surface area contributed by atoms with Gasteiger partial charge in [0.05, 0.1) is 19.4 Å². The highest BCUT2D eigenvalue weighted by Gasteiger charge is 2.55. The number of para-hydroxylation sites is 1. The van der Waals surface area contributed by atoms with Gasteiger partial charge in [0, 0.05) is 25.9 Å². The van der Waals surface area contributed by atoms with Crippen molar-refractivity contribution in [2.75, 3.05) is 31.6 Å². The van der Waals surface area contributed by atoms with Crippen LogP contribution >= 0.6 is 8.25 Å². The molecule has 3 aliphatic rings. The zero-order valence-electron chi connectivity index (χ0n) is 34.5. The molecule has 8 rings (SSSR count). The van der Waals surface area contributed by atoms with E-state index in [1.165, 1.54) is 48.8 Å². The fourth-order valence-electron chi connectivity index (χ4n) is 8.03. The number of nitrogens with zero attached hydrogens (tertiary/aromatic N) is 4. The Balaban J connectivity index is 0.000000439. The molecule has 1 amide bonds. The van der Waals surface area contributed by atoms with E-state index in [2.05, 4.69) is 57.6 Å². The Labute approximate surface area is 356 Å². The predicted octanol–water partition coefficient (Wildman–Crippen LogP) is 3.91. The number of amides is 1. The van der Waals surface area contributed by atoms with Gasteiger partial charge in [-0.3, -0.25) is 29.5 Å². The van der Waals surface area contributed by atoms with Crippen molar-refractivity contribution < 1.29 is 37.8 Å². The third-order valence-corrected chi connectivity index (χ3v) is 16.4. The number of anilines is 1. The average Bonchev–Trinajstić information content (AvgIpc) is 3.71. The monoisotopic (exact) mass is 869 g/mol. The Bertz CT molecular complexity index is 2320. The number of allylic oxidation sites excluding steroid dienone is 2. The Hall–Kier alpha value is -5.06. The van der Waals surface area contributed by atoms with Crippen molar-refractivity contribution in [2.45, 2.75) is 82.5 Å². The normalized spacial score (nSPS) is 20.9. The van der Waals surface area contributed by atoms with Gasteiger partial charge in [0.25, 0.3) is 25.5 Å². The summed E-state index contributed by atoms with van der Waals surface area (Å²) in [6.07, 6.45) is 8.27. The van der Waals surface area contributed by atoms with Gasteiger partial charge in [0.15, 0.2) is 24.2 Å². The van der Waals surface area contributed by atoms with Gasteiger partial charge in [0.1, 0.15) is 26.3 Å². The lowest BCUT2D eigenvalue weighted by atomic mass is 10.1. The molecule has 5 heterocycles. The highest BCUT2D eigenvalue weighted by Crippen LogP contribution is 2.44. The van der Waals surface area contributed by atoms with E-state index in [9.17, 15) is 24.2 Å². The van der Waals surface area contributed by atoms with Gasteiger partial charge < -0.3 is 33.0 Å². The van der Waals surface area contributed by atoms with Crippen LogP contribution in [0.1, 0.15) is 65.5 Å². The molecule has 61 heavy (non-hydrogen) atoms. The number of aliphatic hydroxyl groups is 1. The SMILES string of the molecule is CC(C)(C)[Si](OC[C@H]1O[C@@H](n2cnc3c(=O)[nH]c(NC(=O)COc4ccccc4)nc32)C[C@]1(O)O[PH](=O)[O-])(c1ccccc1)c1ccccc1.[C+]1=C2CCCCNN2CCC1. The molecule has 4 atom stereocenters. The van der Waals surface area contributed by atoms with Crippen LogP contribution in [0, 0.1) is 6.08 Å². The van der Waals surface area contributed by atoms with Gasteiger partial charge >= 0.3 is 0 Å². The van der Waals surface area contributed by atoms with Gasteiger partial charge in [-0.15, -0.1) is 0 Å². The number of nitrogens with one attached hydrogen (secondary N) is 3. The number of imidazole rings is 1. The number of aromatic amines is 1. The topological polar surface area (TPSA) is 205 Å². The molecular formula is C43H52N7O9PSi. The minimum atomic E-state index is -3.91. The van der Waals surface area contributed by atoms with Crippen LogP contribution in [-0.4, -0.2) is 82.1 Å². The van der Waals surface area contributed by atoms with Crippen LogP contribution in [0.25, 0.3) is 11.2 Å². The summed E-state index contributed by atoms with van der Waals surface area (Å²) in [5.74, 6) is -2.59. The molecule has 2 fully saturated rings. The maximum Gasteiger partial charge on any atom is 0.280 e. The van der Waals surface area contributed by atoms with Crippen molar-refractivity contribution in [3.05, 3.63) is 119 Å². The van der Waals surface area contributed by atoms with Gasteiger partial charge in [-0.25, -0.2) is 10.4 Å². The van der Waals surface area contributed by atoms with Crippen molar-refractivity contribution in [3.8, 4) is 5.75 Å². The molecule has 0 spiro atoms. The van der Waals surface area contributed by atoms with Crippen molar-refractivity contribution in [3.63, 3.8) is 0 Å². The predicted molar refractivity (Wildman–Crippen MR) is 230 cm³/mol. The van der Waals surface area contributed by atoms with E-state index in [4.69, 9.17) is 18.4 Å². The molecule has 0 aliphatic carbocycles. The lowest BCUT2D eigenvalue weighted by Crippen LogP contribution is -2.67. The van der Waals surface area contributed by atoms with E-state index in [-0.39, 0.29) is 36.7 Å². The molecule has 3 aromatic carbocycles. The van der Waals surface area contributed by atoms with E-state index in [1.54, 1.807) is 24.3 Å². The average molecular weight is 870 g/mol. The minimum Gasteiger partial charge on any atom is -0.781 e. The Kier molecular flexibility index (Phi) is 13.9. The number of hydrogen-bond acceptors (Lipinski definition) is 13. The second-order valence-corrected chi connectivity index (χ2v) is 21.1. The van der Waals surface area contributed by atoms with E-state index >= 15 is 0 Å². The number of carbonyl (C=O) groups is 1. The van der Waals surface area contributed by atoms with E-state index in [0.717, 1.165) is 23.3 Å². The lowest BCUT2D eigenvalue weighted by Gasteiger charge is -2.44. The first kappa shape index (κ1) is 44.0. The molecule has 0 radical (unpaired) electrons. The Morgan fingerprint density at radius 1 is 1.05 bits per heavy atom. The fourth-order valence-corrected chi connectivity index (χ4v) is 13.1. The number of benzene rings is 3. The quantitative estimate of drug-likeness (QED) is 0.0609. The third-order valence-electron chi connectivity index (χ3n) is 10.9. The van der Waals surface area contributed by atoms with E-state index < -0.39 is 51.2 Å². The number of rotatable bonds is 12. The first-order chi connectivity index (χ1) is 29.4. The molecule has 4 N–H and O–H groups in total. The largest absolute Gasteiger partial charge is 0.781 e. The first-order valence-electron chi connectivity index (χ1n) is 20.4. The summed E-state index contributed by atoms with van der Waals surface area (Å²) in [6.45, 7) is 8.00. The van der Waals surface area contributed by atoms with Gasteiger partial charge in [-0.05, 0) is 40.4 Å². The molecule has 16 nitrogen and oxygen atoms in total. The minimum absolute atomic E-state index is 0.0173. The summed E-state index contributed by atoms with van der Waals surface area (Å²) < 4.78 is 37.1. The van der Waals surface area contributed by atoms with Crippen LogP contribution in [0.2, 0.25) is 5.04 Å². The summed E-state index contributed by atoms with van der Waals surface area (Å²) in [5, 5.41) is 18.0. The van der Waals surface area contributed by atoms with E-state index in [0.29, 0.717) is 5.75 Å². The summed E-state index contributed by atoms with van der Waals surface area (Å²) in [7, 11) is -7.04. The molecular weight excluding hydrogens is 818 g/mol. The molecule has 3 aliphatic heterocycles. The van der Waals surface area contributed by atoms with Gasteiger partial charge in [-0.1, -0.05) is 99.6 Å². The molecule has 18 heteroatoms. The van der Waals surface area contributed by atoms with Crippen molar-refractivity contribution in [1.82, 2.24) is 30.0 Å². The molecule has 2 saturated heterocycles. The van der Waals surface area contributed by atoms with Crippen molar-refractivity contribution >= 4 is 50.0 Å². The highest BCUT2D eigenvalue weighted by atomic mass is 31.1. The van der Waals surface area contributed by atoms with Crippen LogP contribution < -0.4 is 36.3 Å². The molecule has 2 aromatic heterocycles. The number of fused-ring (bicyclic) bond motifs is 2. The van der Waals surface area contributed by atoms with Crippen molar-refractivity contribution in [2.24, 2.45) is 0 Å². The van der Waals surface area contributed by atoms with Crippen LogP contribution in [0.5, 0.6) is 5.75 Å². The maximum atomic E-state index is 12.9. The van der Waals surface area contributed by atoms with Crippen LogP contribution in [-0.2, 0) is 23.0 Å². The zero-order valence-corrected chi connectivity index (χ0v) is 36.5. The van der Waals surface area contributed by atoms with Crippen molar-refractivity contribution in [1.29, 1.82) is 0 Å². The maximum absolute atomic E-state index is 12.9. The number of carbonyl (C=O) groups excluding carboxylic acids is 1. The van der Waals surface area contributed by atoms with E-state index in [1.807, 2.05) is 66.7 Å². The molecule has 0 bridgehead atoms. The summed E-state index contributed by atoms with van der Waals surface area (Å²) in [4.78, 5) is 48.5. The van der Waals surface area contributed by atoms with Crippen LogP contribution in [0.3, 0.4) is 0 Å². The summed E-state index contributed by atoms with van der Waals surface area (Å²) >= 11 is 0. The Morgan fingerprint density at radius 3 is 2.38 bits per heavy atom. The first-order valence-corrected chi connectivity index (χ1v) is 23.6. The summed E-state index contributed by atoms with van der Waals surface area (Å²) in [6, 6.07) is 28.3. The fraction of sp³-hybridized carbons (Fsp3) is 0.395. The number of aromatic nitrogens is 4. The van der Waals surface area contributed by atoms with Crippen LogP contribution in [0.4, 0.5) is 5.95 Å². The second-order valence-electron chi connectivity index (χ2n) is 16.1. The smallest absolute Gasteiger partial charge is 0.280 e. The molecule has 0 saturated carbocycles. The second kappa shape index (κ2) is 19.3. The van der Waals surface area contributed by atoms with Crippen LogP contribution in [0.15, 0.2) is 108 Å². The number of hydrogen-bond donors (Lipinski definition) is 4. The number of hydrazine groups is 1. The highest BCUT2D eigenvalue weighted by molar-refractivity contribution is 7.30. The third kappa shape index (κ3) is 10.2. The Morgan fingerprint density at radius 2 is 1.72 bits per heavy atom. The zero-order chi connectivity index (χ0) is 43.0. The molecule has 322 valence electrons. The van der Waals surface area contributed by atoms with Gasteiger partial charge in [-0.2, -0.15) is 4.98 Å². The van der Waals surface area contributed by atoms with Gasteiger partial charge in [0.2, 0.25) is 17.8 Å². The standard InChI is InChI=1S/C34H38N5O9PSi.C9H15N2/c1-33(2,3)50(24-15-9-5-10-16-24,25-17-11-6-12-18-25)46-20-26-34(42,48-49(43)44)19-28(47-26)39-22-35-29-30(39)37-32(38-31(29)41)36-27(40)21-45-23-13-7-4-8-14-23;1-3-7-10-11-8-4-2-6-9(11)5-1/h4-18,22,26,28,42,49H,19-21H2,1-3H3,(H,43,44)(H2,36,37,38,40,41);10H,1-5,7-8H2/q;+1/p-1/t26-,28-,34+;/m1./s1. The number of ether oxygens (including phenoxy) is 2. The molecule has 5 aromatic rings. The number of H-pyrrole nitrogens is 1.